The summed E-state index contributed by atoms with van der Waals surface area (Å²) in [5.41, 5.74) is 0.478. The van der Waals surface area contributed by atoms with E-state index in [0.717, 1.165) is 18.1 Å². The predicted molar refractivity (Wildman–Crippen MR) is 69.9 cm³/mol. The third-order valence-corrected chi connectivity index (χ3v) is 3.47. The van der Waals surface area contributed by atoms with Crippen LogP contribution < -0.4 is 4.90 Å². The molecule has 1 aromatic rings. The minimum absolute atomic E-state index is 0.00111. The van der Waals surface area contributed by atoms with Gasteiger partial charge in [0.2, 0.25) is 0 Å². The molecule has 0 N–H and O–H groups in total. The highest BCUT2D eigenvalue weighted by atomic mass is 35.5. The predicted octanol–water partition coefficient (Wildman–Crippen LogP) is 3.05. The number of nitrogens with zero attached hydrogens (tertiary/aromatic N) is 2. The van der Waals surface area contributed by atoms with Crippen LogP contribution in [0.3, 0.4) is 0 Å². The Bertz CT molecular complexity index is 352. The van der Waals surface area contributed by atoms with Gasteiger partial charge in [0.25, 0.3) is 0 Å². The van der Waals surface area contributed by atoms with Gasteiger partial charge in [0.1, 0.15) is 5.69 Å². The average molecular weight is 261 g/mol. The monoisotopic (exact) mass is 260 g/mol. The quantitative estimate of drug-likeness (QED) is 0.582. The zero-order valence-corrected chi connectivity index (χ0v) is 11.4. The third-order valence-electron chi connectivity index (χ3n) is 2.27. The maximum atomic E-state index is 11.3. The standard InChI is InChI=1S/C11H17ClN2OS/c1-8(2)4-5-14(3)11-13-9(7-16-11)10(15)6-12/h7-8H,4-6H2,1-3H3. The summed E-state index contributed by atoms with van der Waals surface area (Å²) in [6, 6.07) is 0. The first-order chi connectivity index (χ1) is 7.54. The van der Waals surface area contributed by atoms with E-state index in [1.165, 1.54) is 11.3 Å². The fourth-order valence-corrected chi connectivity index (χ4v) is 2.14. The Hall–Kier alpha value is -0.610. The van der Waals surface area contributed by atoms with Crippen molar-refractivity contribution < 1.29 is 4.79 Å². The maximum Gasteiger partial charge on any atom is 0.196 e. The van der Waals surface area contributed by atoms with Crippen molar-refractivity contribution in [3.05, 3.63) is 11.1 Å². The summed E-state index contributed by atoms with van der Waals surface area (Å²) in [7, 11) is 2.00. The summed E-state index contributed by atoms with van der Waals surface area (Å²) in [5, 5.41) is 2.65. The molecule has 0 amide bonds. The molecule has 0 radical (unpaired) electrons. The molecule has 3 nitrogen and oxygen atoms in total. The Morgan fingerprint density at radius 1 is 1.62 bits per heavy atom. The van der Waals surface area contributed by atoms with Gasteiger partial charge in [0.05, 0.1) is 5.88 Å². The van der Waals surface area contributed by atoms with Gasteiger partial charge < -0.3 is 4.90 Å². The van der Waals surface area contributed by atoms with Crippen LogP contribution in [0, 0.1) is 5.92 Å². The fraction of sp³-hybridized carbons (Fsp3) is 0.636. The Labute approximate surface area is 105 Å². The number of rotatable bonds is 6. The number of aromatic nitrogens is 1. The van der Waals surface area contributed by atoms with Crippen LogP contribution in [0.4, 0.5) is 5.13 Å². The molecule has 0 fully saturated rings. The lowest BCUT2D eigenvalue weighted by Crippen LogP contribution is -2.19. The Kier molecular flexibility index (Phi) is 5.22. The lowest BCUT2D eigenvalue weighted by atomic mass is 10.1. The lowest BCUT2D eigenvalue weighted by Gasteiger charge is -2.16. The molecule has 16 heavy (non-hydrogen) atoms. The summed E-state index contributed by atoms with van der Waals surface area (Å²) < 4.78 is 0. The molecule has 1 rings (SSSR count). The van der Waals surface area contributed by atoms with Gasteiger partial charge in [-0.2, -0.15) is 0 Å². The van der Waals surface area contributed by atoms with Crippen LogP contribution in [0.2, 0.25) is 0 Å². The average Bonchev–Trinajstić information content (AvgIpc) is 2.74. The third kappa shape index (κ3) is 3.76. The molecule has 0 bridgehead atoms. The topological polar surface area (TPSA) is 33.2 Å². The summed E-state index contributed by atoms with van der Waals surface area (Å²) >= 11 is 6.97. The molecule has 90 valence electrons. The lowest BCUT2D eigenvalue weighted by molar-refractivity contribution is 0.101. The van der Waals surface area contributed by atoms with Gasteiger partial charge >= 0.3 is 0 Å². The zero-order chi connectivity index (χ0) is 12.1. The molecule has 0 spiro atoms. The number of carbonyl (C=O) groups is 1. The van der Waals surface area contributed by atoms with Crippen LogP contribution in [0.1, 0.15) is 30.8 Å². The van der Waals surface area contributed by atoms with Crippen LogP contribution >= 0.6 is 22.9 Å². The van der Waals surface area contributed by atoms with Crippen LogP contribution in [-0.4, -0.2) is 30.2 Å². The van der Waals surface area contributed by atoms with Gasteiger partial charge in [-0.3, -0.25) is 4.79 Å². The highest BCUT2D eigenvalue weighted by Crippen LogP contribution is 2.20. The van der Waals surface area contributed by atoms with E-state index in [4.69, 9.17) is 11.6 Å². The van der Waals surface area contributed by atoms with Crippen molar-refractivity contribution in [3.8, 4) is 0 Å². The fourth-order valence-electron chi connectivity index (χ4n) is 1.18. The van der Waals surface area contributed by atoms with Gasteiger partial charge in [-0.15, -0.1) is 22.9 Å². The second-order valence-corrected chi connectivity index (χ2v) is 5.28. The molecule has 0 saturated heterocycles. The number of hydrogen-bond donors (Lipinski definition) is 0. The Morgan fingerprint density at radius 2 is 2.31 bits per heavy atom. The molecule has 1 heterocycles. The van der Waals surface area contributed by atoms with Crippen molar-refractivity contribution in [3.63, 3.8) is 0 Å². The van der Waals surface area contributed by atoms with E-state index in [2.05, 4.69) is 23.7 Å². The van der Waals surface area contributed by atoms with Crippen molar-refractivity contribution in [1.82, 2.24) is 4.98 Å². The number of hydrogen-bond acceptors (Lipinski definition) is 4. The summed E-state index contributed by atoms with van der Waals surface area (Å²) in [4.78, 5) is 17.7. The number of anilines is 1. The van der Waals surface area contributed by atoms with Crippen LogP contribution in [0.5, 0.6) is 0 Å². The molecule has 5 heteroatoms. The van der Waals surface area contributed by atoms with Crippen molar-refractivity contribution >= 4 is 33.9 Å². The number of Topliss-reactive ketones (excluding diaryl/α,β-unsaturated/α-hetero) is 1. The number of ketones is 1. The van der Waals surface area contributed by atoms with Crippen LogP contribution in [0.25, 0.3) is 0 Å². The largest absolute Gasteiger partial charge is 0.351 e. The Morgan fingerprint density at radius 3 is 2.88 bits per heavy atom. The first-order valence-corrected chi connectivity index (χ1v) is 6.71. The molecule has 0 aliphatic carbocycles. The molecular weight excluding hydrogens is 244 g/mol. The van der Waals surface area contributed by atoms with Gasteiger partial charge in [-0.1, -0.05) is 13.8 Å². The van der Waals surface area contributed by atoms with Crippen molar-refractivity contribution in [2.45, 2.75) is 20.3 Å². The highest BCUT2D eigenvalue weighted by molar-refractivity contribution is 7.13. The van der Waals surface area contributed by atoms with Crippen molar-refractivity contribution in [1.29, 1.82) is 0 Å². The van der Waals surface area contributed by atoms with E-state index < -0.39 is 0 Å². The van der Waals surface area contributed by atoms with Crippen molar-refractivity contribution in [2.75, 3.05) is 24.4 Å². The SMILES string of the molecule is CC(C)CCN(C)c1nc(C(=O)CCl)cs1. The first kappa shape index (κ1) is 13.5. The normalized spacial score (nSPS) is 10.8. The molecule has 0 unspecified atom stereocenters. The van der Waals surface area contributed by atoms with Gasteiger partial charge in [0.15, 0.2) is 10.9 Å². The number of carbonyl (C=O) groups excluding carboxylic acids is 1. The maximum absolute atomic E-state index is 11.3. The smallest absolute Gasteiger partial charge is 0.196 e. The molecule has 0 atom stereocenters. The van der Waals surface area contributed by atoms with E-state index in [1.54, 1.807) is 5.38 Å². The second-order valence-electron chi connectivity index (χ2n) is 4.18. The summed E-state index contributed by atoms with van der Waals surface area (Å²) in [5.74, 6) is 0.562. The van der Waals surface area contributed by atoms with E-state index in [0.29, 0.717) is 11.6 Å². The molecule has 1 aromatic heterocycles. The minimum Gasteiger partial charge on any atom is -0.351 e. The van der Waals surface area contributed by atoms with E-state index in [9.17, 15) is 4.79 Å². The van der Waals surface area contributed by atoms with Crippen molar-refractivity contribution in [2.24, 2.45) is 5.92 Å². The van der Waals surface area contributed by atoms with Crippen LogP contribution in [0.15, 0.2) is 5.38 Å². The number of halogens is 1. The molecular formula is C11H17ClN2OS. The summed E-state index contributed by atoms with van der Waals surface area (Å²) in [6.45, 7) is 5.34. The number of thiazole rings is 1. The Balaban J connectivity index is 2.59. The van der Waals surface area contributed by atoms with Gasteiger partial charge in [-0.25, -0.2) is 4.98 Å². The highest BCUT2D eigenvalue weighted by Gasteiger charge is 2.12. The van der Waals surface area contributed by atoms with Gasteiger partial charge in [-0.05, 0) is 12.3 Å². The first-order valence-electron chi connectivity index (χ1n) is 5.30. The molecule has 0 aromatic carbocycles. The molecule has 0 aliphatic rings. The van der Waals surface area contributed by atoms with E-state index in [1.807, 2.05) is 7.05 Å². The minimum atomic E-state index is -0.110. The van der Waals surface area contributed by atoms with Crippen LogP contribution in [-0.2, 0) is 0 Å². The summed E-state index contributed by atoms with van der Waals surface area (Å²) in [6.07, 6.45) is 1.12. The van der Waals surface area contributed by atoms with E-state index in [-0.39, 0.29) is 11.7 Å². The molecule has 0 saturated carbocycles. The van der Waals surface area contributed by atoms with Gasteiger partial charge in [0, 0.05) is 19.0 Å². The zero-order valence-electron chi connectivity index (χ0n) is 9.86. The van der Waals surface area contributed by atoms with E-state index >= 15 is 0 Å². The number of alkyl halides is 1. The molecule has 0 aliphatic heterocycles. The second kappa shape index (κ2) is 6.21.